The number of carbonyl (C=O) groups excluding carboxylic acids is 2. The molecule has 5 heteroatoms. The maximum atomic E-state index is 13.3. The van der Waals surface area contributed by atoms with Crippen LogP contribution in [0.15, 0.2) is 41.8 Å². The Kier molecular flexibility index (Phi) is 4.81. The molecule has 0 unspecified atom stereocenters. The number of fused-ring (bicyclic) bond motifs is 1. The van der Waals surface area contributed by atoms with Crippen molar-refractivity contribution in [2.75, 3.05) is 7.05 Å². The zero-order valence-corrected chi connectivity index (χ0v) is 15.8. The fraction of sp³-hybridized carbons (Fsp3) is 0.429. The molecular weight excluding hydrogens is 344 g/mol. The van der Waals surface area contributed by atoms with Gasteiger partial charge in [0, 0.05) is 23.5 Å². The second-order valence-corrected chi connectivity index (χ2v) is 8.26. The summed E-state index contributed by atoms with van der Waals surface area (Å²) in [6.07, 6.45) is 5.72. The molecule has 136 valence electrons. The van der Waals surface area contributed by atoms with E-state index in [4.69, 9.17) is 0 Å². The van der Waals surface area contributed by atoms with Gasteiger partial charge in [-0.2, -0.15) is 0 Å². The van der Waals surface area contributed by atoms with E-state index in [1.807, 2.05) is 48.8 Å². The highest BCUT2D eigenvalue weighted by Gasteiger charge is 2.43. The van der Waals surface area contributed by atoms with Crippen LogP contribution in [0.5, 0.6) is 0 Å². The summed E-state index contributed by atoms with van der Waals surface area (Å²) in [5.74, 6) is -0.336. The molecule has 1 N–H and O–H groups in total. The molecule has 0 spiro atoms. The first-order chi connectivity index (χ1) is 12.7. The van der Waals surface area contributed by atoms with E-state index in [-0.39, 0.29) is 29.8 Å². The summed E-state index contributed by atoms with van der Waals surface area (Å²) in [6.45, 7) is 0. The number of rotatable bonds is 3. The number of hydrogen-bond donors (Lipinski definition) is 1. The van der Waals surface area contributed by atoms with Gasteiger partial charge in [-0.05, 0) is 35.9 Å². The molecule has 1 fully saturated rings. The monoisotopic (exact) mass is 368 g/mol. The van der Waals surface area contributed by atoms with Crippen molar-refractivity contribution in [3.8, 4) is 0 Å². The van der Waals surface area contributed by atoms with Crippen molar-refractivity contribution >= 4 is 23.2 Å². The van der Waals surface area contributed by atoms with Crippen LogP contribution < -0.4 is 5.32 Å². The van der Waals surface area contributed by atoms with Crippen molar-refractivity contribution < 1.29 is 9.59 Å². The molecule has 2 amide bonds. The van der Waals surface area contributed by atoms with Crippen molar-refractivity contribution in [2.45, 2.75) is 50.1 Å². The molecule has 2 aromatic rings. The lowest BCUT2D eigenvalue weighted by Crippen LogP contribution is -2.47. The summed E-state index contributed by atoms with van der Waals surface area (Å²) >= 11 is 1.60. The van der Waals surface area contributed by atoms with Gasteiger partial charge in [-0.25, -0.2) is 0 Å². The molecule has 0 saturated heterocycles. The van der Waals surface area contributed by atoms with Crippen LogP contribution in [0.1, 0.15) is 64.9 Å². The van der Waals surface area contributed by atoms with Crippen molar-refractivity contribution in [2.24, 2.45) is 0 Å². The van der Waals surface area contributed by atoms with E-state index in [0.29, 0.717) is 5.56 Å². The predicted molar refractivity (Wildman–Crippen MR) is 103 cm³/mol. The fourth-order valence-electron chi connectivity index (χ4n) is 4.31. The van der Waals surface area contributed by atoms with Gasteiger partial charge in [0.05, 0.1) is 12.0 Å². The van der Waals surface area contributed by atoms with E-state index in [0.717, 1.165) is 23.3 Å². The molecule has 2 atom stereocenters. The van der Waals surface area contributed by atoms with Gasteiger partial charge in [0.1, 0.15) is 0 Å². The third kappa shape index (κ3) is 3.05. The molecule has 4 rings (SSSR count). The summed E-state index contributed by atoms with van der Waals surface area (Å²) in [6, 6.07) is 11.6. The summed E-state index contributed by atoms with van der Waals surface area (Å²) < 4.78 is 0. The molecule has 1 saturated carbocycles. The van der Waals surface area contributed by atoms with Crippen LogP contribution in [0, 0.1) is 0 Å². The number of carbonyl (C=O) groups is 2. The predicted octanol–water partition coefficient (Wildman–Crippen LogP) is 4.11. The third-order valence-corrected chi connectivity index (χ3v) is 6.59. The average molecular weight is 369 g/mol. The van der Waals surface area contributed by atoms with Crippen LogP contribution in [0.3, 0.4) is 0 Å². The molecule has 2 aliphatic rings. The smallest absolute Gasteiger partial charge is 0.254 e. The lowest BCUT2D eigenvalue weighted by molar-refractivity contribution is -0.125. The molecule has 1 aromatic carbocycles. The molecule has 1 aliphatic heterocycles. The Morgan fingerprint density at radius 1 is 1.12 bits per heavy atom. The van der Waals surface area contributed by atoms with Gasteiger partial charge < -0.3 is 10.2 Å². The van der Waals surface area contributed by atoms with Crippen LogP contribution in [0.4, 0.5) is 0 Å². The molecule has 26 heavy (non-hydrogen) atoms. The van der Waals surface area contributed by atoms with Gasteiger partial charge in [-0.15, -0.1) is 11.3 Å². The molecule has 4 nitrogen and oxygen atoms in total. The van der Waals surface area contributed by atoms with Crippen LogP contribution in [0.2, 0.25) is 0 Å². The van der Waals surface area contributed by atoms with Crippen molar-refractivity contribution in [1.29, 1.82) is 0 Å². The number of nitrogens with one attached hydrogen (secondary N) is 1. The fourth-order valence-corrected chi connectivity index (χ4v) is 5.22. The number of thiophene rings is 1. The summed E-state index contributed by atoms with van der Waals surface area (Å²) in [5.41, 5.74) is 1.49. The topological polar surface area (TPSA) is 49.4 Å². The van der Waals surface area contributed by atoms with E-state index in [9.17, 15) is 9.59 Å². The standard InChI is InChI=1S/C21H24N2O2S/c1-23-19(17-12-7-13-26-17)18(15-10-5-6-11-16(15)21(23)25)20(24)22-14-8-3-2-4-9-14/h5-7,10-14,18-19H,2-4,8-9H2,1H3,(H,22,24)/t18-,19+/m0/s1. The van der Waals surface area contributed by atoms with Crippen LogP contribution >= 0.6 is 11.3 Å². The zero-order valence-electron chi connectivity index (χ0n) is 15.0. The Bertz CT molecular complexity index is 796. The second kappa shape index (κ2) is 7.23. The molecule has 2 heterocycles. The summed E-state index contributed by atoms with van der Waals surface area (Å²) in [5, 5.41) is 5.29. The Hall–Kier alpha value is -2.14. The Labute approximate surface area is 158 Å². The van der Waals surface area contributed by atoms with Gasteiger partial charge in [0.15, 0.2) is 0 Å². The minimum atomic E-state index is -0.366. The Morgan fingerprint density at radius 3 is 2.62 bits per heavy atom. The number of hydrogen-bond acceptors (Lipinski definition) is 3. The average Bonchev–Trinajstić information content (AvgIpc) is 3.19. The maximum Gasteiger partial charge on any atom is 0.254 e. The van der Waals surface area contributed by atoms with Gasteiger partial charge in [-0.1, -0.05) is 43.5 Å². The normalized spacial score (nSPS) is 23.6. The van der Waals surface area contributed by atoms with E-state index < -0.39 is 0 Å². The summed E-state index contributed by atoms with van der Waals surface area (Å²) in [7, 11) is 1.81. The van der Waals surface area contributed by atoms with Gasteiger partial charge in [0.25, 0.3) is 5.91 Å². The molecule has 0 radical (unpaired) electrons. The van der Waals surface area contributed by atoms with Gasteiger partial charge >= 0.3 is 0 Å². The Morgan fingerprint density at radius 2 is 1.88 bits per heavy atom. The number of nitrogens with zero attached hydrogens (tertiary/aromatic N) is 1. The highest BCUT2D eigenvalue weighted by Crippen LogP contribution is 2.43. The molecule has 1 aliphatic carbocycles. The van der Waals surface area contributed by atoms with E-state index in [1.54, 1.807) is 16.2 Å². The van der Waals surface area contributed by atoms with E-state index >= 15 is 0 Å². The number of amides is 2. The first kappa shape index (κ1) is 17.3. The number of likely N-dealkylation sites (N-methyl/N-ethyl adjacent to an activating group) is 1. The minimum Gasteiger partial charge on any atom is -0.353 e. The SMILES string of the molecule is CN1C(=O)c2ccccc2[C@H](C(=O)NC2CCCCC2)[C@H]1c1cccs1. The Balaban J connectivity index is 1.72. The third-order valence-electron chi connectivity index (χ3n) is 5.65. The van der Waals surface area contributed by atoms with Crippen molar-refractivity contribution in [1.82, 2.24) is 10.2 Å². The van der Waals surface area contributed by atoms with Gasteiger partial charge in [0.2, 0.25) is 5.91 Å². The van der Waals surface area contributed by atoms with Crippen LogP contribution in [-0.4, -0.2) is 29.8 Å². The maximum absolute atomic E-state index is 13.3. The number of benzene rings is 1. The largest absolute Gasteiger partial charge is 0.353 e. The van der Waals surface area contributed by atoms with Gasteiger partial charge in [-0.3, -0.25) is 9.59 Å². The van der Waals surface area contributed by atoms with Crippen LogP contribution in [0.25, 0.3) is 0 Å². The quantitative estimate of drug-likeness (QED) is 0.886. The van der Waals surface area contributed by atoms with Crippen molar-refractivity contribution in [3.63, 3.8) is 0 Å². The molecule has 0 bridgehead atoms. The lowest BCUT2D eigenvalue weighted by atomic mass is 9.81. The first-order valence-corrected chi connectivity index (χ1v) is 10.2. The van der Waals surface area contributed by atoms with Crippen LogP contribution in [-0.2, 0) is 4.79 Å². The highest BCUT2D eigenvalue weighted by molar-refractivity contribution is 7.10. The summed E-state index contributed by atoms with van der Waals surface area (Å²) in [4.78, 5) is 29.0. The lowest BCUT2D eigenvalue weighted by Gasteiger charge is -2.39. The van der Waals surface area contributed by atoms with E-state index in [1.165, 1.54) is 19.3 Å². The second-order valence-electron chi connectivity index (χ2n) is 7.28. The van der Waals surface area contributed by atoms with Crippen molar-refractivity contribution in [3.05, 3.63) is 57.8 Å². The molecular formula is C21H24N2O2S. The highest BCUT2D eigenvalue weighted by atomic mass is 32.1. The minimum absolute atomic E-state index is 0.0132. The zero-order chi connectivity index (χ0) is 18.1. The first-order valence-electron chi connectivity index (χ1n) is 9.36. The van der Waals surface area contributed by atoms with E-state index in [2.05, 4.69) is 5.32 Å². The molecule has 1 aromatic heterocycles.